The number of rotatable bonds is 5. The first-order chi connectivity index (χ1) is 13.5. The van der Waals surface area contributed by atoms with Crippen molar-refractivity contribution in [3.63, 3.8) is 0 Å². The van der Waals surface area contributed by atoms with Crippen LogP contribution in [0.1, 0.15) is 21.9 Å². The van der Waals surface area contributed by atoms with Gasteiger partial charge in [0.2, 0.25) is 0 Å². The van der Waals surface area contributed by atoms with Crippen molar-refractivity contribution in [3.05, 3.63) is 70.7 Å². The van der Waals surface area contributed by atoms with Crippen LogP contribution >= 0.6 is 11.3 Å². The van der Waals surface area contributed by atoms with Crippen LogP contribution in [0.2, 0.25) is 0 Å². The van der Waals surface area contributed by atoms with Crippen LogP contribution in [0.4, 0.5) is 9.93 Å². The van der Waals surface area contributed by atoms with Crippen molar-refractivity contribution in [1.82, 2.24) is 4.98 Å². The quantitative estimate of drug-likeness (QED) is 0.703. The van der Waals surface area contributed by atoms with Crippen LogP contribution in [0.25, 0.3) is 11.1 Å². The molecule has 1 amide bonds. The molecule has 0 radical (unpaired) electrons. The van der Waals surface area contributed by atoms with Gasteiger partial charge in [0.1, 0.15) is 6.61 Å². The molecule has 0 saturated carbocycles. The van der Waals surface area contributed by atoms with Crippen LogP contribution in [0, 0.1) is 0 Å². The lowest BCUT2D eigenvalue weighted by molar-refractivity contribution is -0.136. The highest BCUT2D eigenvalue weighted by Crippen LogP contribution is 2.44. The SMILES string of the molecule is CN(C(=O)OCC1c2ccccc2-c2ccccc21)c1ncc(CC(=O)O)s1. The molecule has 4 rings (SSSR count). The van der Waals surface area contributed by atoms with Gasteiger partial charge in [0.25, 0.3) is 0 Å². The molecule has 6 nitrogen and oxygen atoms in total. The Bertz CT molecular complexity index is 1000. The first kappa shape index (κ1) is 18.2. The van der Waals surface area contributed by atoms with Gasteiger partial charge in [0.05, 0.1) is 6.42 Å². The lowest BCUT2D eigenvalue weighted by atomic mass is 9.98. The molecule has 0 saturated heterocycles. The molecule has 1 N–H and O–H groups in total. The number of anilines is 1. The molecule has 142 valence electrons. The largest absolute Gasteiger partial charge is 0.481 e. The predicted molar refractivity (Wildman–Crippen MR) is 107 cm³/mol. The van der Waals surface area contributed by atoms with Gasteiger partial charge < -0.3 is 9.84 Å². The van der Waals surface area contributed by atoms with Gasteiger partial charge in [-0.3, -0.25) is 9.69 Å². The van der Waals surface area contributed by atoms with E-state index in [4.69, 9.17) is 9.84 Å². The van der Waals surface area contributed by atoms with Crippen molar-refractivity contribution in [2.45, 2.75) is 12.3 Å². The van der Waals surface area contributed by atoms with Crippen LogP contribution in [-0.2, 0) is 16.0 Å². The normalized spacial score (nSPS) is 12.3. The summed E-state index contributed by atoms with van der Waals surface area (Å²) in [5, 5.41) is 9.27. The maximum Gasteiger partial charge on any atom is 0.415 e. The highest BCUT2D eigenvalue weighted by Gasteiger charge is 2.29. The third-order valence-electron chi connectivity index (χ3n) is 4.76. The highest BCUT2D eigenvalue weighted by molar-refractivity contribution is 7.15. The molecule has 1 aliphatic rings. The Morgan fingerprint density at radius 2 is 1.71 bits per heavy atom. The molecule has 0 spiro atoms. The Kier molecular flexibility index (Phi) is 4.83. The van der Waals surface area contributed by atoms with Crippen LogP contribution in [0.15, 0.2) is 54.7 Å². The molecule has 1 aromatic heterocycles. The number of amides is 1. The summed E-state index contributed by atoms with van der Waals surface area (Å²) in [6.07, 6.45) is 0.843. The zero-order chi connectivity index (χ0) is 19.7. The van der Waals surface area contributed by atoms with Gasteiger partial charge in [-0.1, -0.05) is 48.5 Å². The number of hydrogen-bond acceptors (Lipinski definition) is 5. The second-order valence-corrected chi connectivity index (χ2v) is 7.64. The lowest BCUT2D eigenvalue weighted by Gasteiger charge is -2.18. The zero-order valence-corrected chi connectivity index (χ0v) is 16.0. The lowest BCUT2D eigenvalue weighted by Crippen LogP contribution is -2.28. The van der Waals surface area contributed by atoms with Crippen molar-refractivity contribution in [2.75, 3.05) is 18.6 Å². The average molecular weight is 394 g/mol. The van der Waals surface area contributed by atoms with Crippen molar-refractivity contribution >= 4 is 28.5 Å². The first-order valence-corrected chi connectivity index (χ1v) is 9.61. The third-order valence-corrected chi connectivity index (χ3v) is 5.84. The zero-order valence-electron chi connectivity index (χ0n) is 15.2. The molecule has 0 unspecified atom stereocenters. The van der Waals surface area contributed by atoms with E-state index in [-0.39, 0.29) is 18.9 Å². The van der Waals surface area contributed by atoms with E-state index in [2.05, 4.69) is 29.2 Å². The maximum atomic E-state index is 12.5. The van der Waals surface area contributed by atoms with E-state index < -0.39 is 12.1 Å². The van der Waals surface area contributed by atoms with Crippen LogP contribution in [0.5, 0.6) is 0 Å². The number of benzene rings is 2. The summed E-state index contributed by atoms with van der Waals surface area (Å²) >= 11 is 1.17. The summed E-state index contributed by atoms with van der Waals surface area (Å²) in [5.41, 5.74) is 4.64. The number of aromatic nitrogens is 1. The number of ether oxygens (including phenoxy) is 1. The number of aliphatic carboxylic acids is 1. The van der Waals surface area contributed by atoms with Gasteiger partial charge in [-0.15, -0.1) is 11.3 Å². The molecule has 0 atom stereocenters. The van der Waals surface area contributed by atoms with E-state index in [0.29, 0.717) is 10.0 Å². The summed E-state index contributed by atoms with van der Waals surface area (Å²) in [6.45, 7) is 0.227. The minimum Gasteiger partial charge on any atom is -0.481 e. The molecule has 7 heteroatoms. The van der Waals surface area contributed by atoms with Crippen molar-refractivity contribution < 1.29 is 19.4 Å². The molecular weight excluding hydrogens is 376 g/mol. The smallest absolute Gasteiger partial charge is 0.415 e. The van der Waals surface area contributed by atoms with E-state index in [1.807, 2.05) is 24.3 Å². The predicted octanol–water partition coefficient (Wildman–Crippen LogP) is 4.16. The van der Waals surface area contributed by atoms with Crippen molar-refractivity contribution in [1.29, 1.82) is 0 Å². The van der Waals surface area contributed by atoms with Crippen LogP contribution in [0.3, 0.4) is 0 Å². The Morgan fingerprint density at radius 3 is 2.32 bits per heavy atom. The summed E-state index contributed by atoms with van der Waals surface area (Å²) in [6, 6.07) is 16.3. The molecule has 28 heavy (non-hydrogen) atoms. The standard InChI is InChI=1S/C21H18N2O4S/c1-23(20-22-11-13(28-20)10-19(24)25)21(26)27-12-18-16-8-4-2-6-14(16)15-7-3-5-9-17(15)18/h2-9,11,18H,10,12H2,1H3,(H,24,25). The molecule has 2 aromatic carbocycles. The van der Waals surface area contributed by atoms with Gasteiger partial charge in [-0.25, -0.2) is 9.78 Å². The number of nitrogens with zero attached hydrogens (tertiary/aromatic N) is 2. The summed E-state index contributed by atoms with van der Waals surface area (Å²) in [4.78, 5) is 29.3. The minimum atomic E-state index is -0.931. The number of carbonyl (C=O) groups is 2. The van der Waals surface area contributed by atoms with E-state index in [1.165, 1.54) is 33.6 Å². The van der Waals surface area contributed by atoms with E-state index in [0.717, 1.165) is 11.1 Å². The number of thiazole rings is 1. The topological polar surface area (TPSA) is 79.7 Å². The van der Waals surface area contributed by atoms with Gasteiger partial charge in [0, 0.05) is 24.0 Å². The number of carbonyl (C=O) groups excluding carboxylic acids is 1. The summed E-state index contributed by atoms with van der Waals surface area (Å²) < 4.78 is 5.58. The number of carboxylic acid groups (broad SMARTS) is 1. The molecule has 3 aromatic rings. The van der Waals surface area contributed by atoms with E-state index >= 15 is 0 Å². The highest BCUT2D eigenvalue weighted by atomic mass is 32.1. The Labute approximate surface area is 166 Å². The van der Waals surface area contributed by atoms with Crippen LogP contribution in [-0.4, -0.2) is 35.8 Å². The Hall–Kier alpha value is -3.19. The minimum absolute atomic E-state index is 0.0105. The number of hydrogen-bond donors (Lipinski definition) is 1. The molecule has 0 aliphatic heterocycles. The fourth-order valence-corrected chi connectivity index (χ4v) is 4.30. The number of carboxylic acids is 1. The Morgan fingerprint density at radius 1 is 1.11 bits per heavy atom. The first-order valence-electron chi connectivity index (χ1n) is 8.80. The van der Waals surface area contributed by atoms with Crippen molar-refractivity contribution in [3.8, 4) is 11.1 Å². The van der Waals surface area contributed by atoms with Gasteiger partial charge in [-0.2, -0.15) is 0 Å². The average Bonchev–Trinajstić information content (AvgIpc) is 3.28. The molecule has 1 aliphatic carbocycles. The van der Waals surface area contributed by atoms with Gasteiger partial charge in [0.15, 0.2) is 5.13 Å². The molecular formula is C21H18N2O4S. The fourth-order valence-electron chi connectivity index (χ4n) is 3.45. The summed E-state index contributed by atoms with van der Waals surface area (Å²) in [7, 11) is 1.57. The monoisotopic (exact) mass is 394 g/mol. The van der Waals surface area contributed by atoms with Gasteiger partial charge >= 0.3 is 12.1 Å². The molecule has 0 bridgehead atoms. The third kappa shape index (κ3) is 3.36. The van der Waals surface area contributed by atoms with E-state index in [1.54, 1.807) is 7.05 Å². The fraction of sp³-hybridized carbons (Fsp3) is 0.190. The van der Waals surface area contributed by atoms with Crippen molar-refractivity contribution in [2.24, 2.45) is 0 Å². The van der Waals surface area contributed by atoms with Gasteiger partial charge in [-0.05, 0) is 22.3 Å². The van der Waals surface area contributed by atoms with E-state index in [9.17, 15) is 9.59 Å². The second kappa shape index (κ2) is 7.44. The molecule has 1 heterocycles. The maximum absolute atomic E-state index is 12.5. The Balaban J connectivity index is 1.48. The molecule has 0 fully saturated rings. The summed E-state index contributed by atoms with van der Waals surface area (Å²) in [5.74, 6) is -0.942. The second-order valence-electron chi connectivity index (χ2n) is 6.54. The van der Waals surface area contributed by atoms with Crippen LogP contribution < -0.4 is 4.90 Å². The number of fused-ring (bicyclic) bond motifs is 3.